The van der Waals surface area contributed by atoms with Crippen molar-refractivity contribution in [3.05, 3.63) is 23.2 Å². The van der Waals surface area contributed by atoms with Crippen LogP contribution < -0.4 is 16.0 Å². The Balaban J connectivity index is 1.55. The number of anilines is 2. The molecule has 0 unspecified atom stereocenters. The van der Waals surface area contributed by atoms with Crippen LogP contribution in [0.15, 0.2) is 18.2 Å². The van der Waals surface area contributed by atoms with E-state index in [4.69, 9.17) is 21.1 Å². The third-order valence-corrected chi connectivity index (χ3v) is 5.35. The summed E-state index contributed by atoms with van der Waals surface area (Å²) in [7, 11) is 0. The summed E-state index contributed by atoms with van der Waals surface area (Å²) in [6, 6.07) is 4.90. The van der Waals surface area contributed by atoms with Gasteiger partial charge in [-0.25, -0.2) is 4.79 Å². The van der Waals surface area contributed by atoms with Gasteiger partial charge in [0.25, 0.3) is 0 Å². The number of morpholine rings is 1. The molecule has 2 aliphatic heterocycles. The van der Waals surface area contributed by atoms with Gasteiger partial charge in [-0.15, -0.1) is 0 Å². The highest BCUT2D eigenvalue weighted by molar-refractivity contribution is 6.34. The van der Waals surface area contributed by atoms with Gasteiger partial charge in [-0.2, -0.15) is 0 Å². The van der Waals surface area contributed by atoms with E-state index in [0.717, 1.165) is 45.9 Å². The summed E-state index contributed by atoms with van der Waals surface area (Å²) in [5.41, 5.74) is 1.07. The van der Waals surface area contributed by atoms with Crippen LogP contribution >= 0.6 is 11.6 Å². The van der Waals surface area contributed by atoms with Crippen LogP contribution in [0.2, 0.25) is 5.02 Å². The number of ether oxygens (including phenoxy) is 2. The van der Waals surface area contributed by atoms with Crippen LogP contribution in [0.25, 0.3) is 0 Å². The molecule has 2 aliphatic rings. The van der Waals surface area contributed by atoms with Crippen molar-refractivity contribution in [3.8, 4) is 0 Å². The number of hydrogen-bond acceptors (Lipinski definition) is 5. The molecule has 0 bridgehead atoms. The molecule has 2 heterocycles. The lowest BCUT2D eigenvalue weighted by molar-refractivity contribution is -0.114. The fourth-order valence-electron chi connectivity index (χ4n) is 3.62. The molecule has 3 N–H and O–H groups in total. The van der Waals surface area contributed by atoms with Crippen molar-refractivity contribution in [3.63, 3.8) is 0 Å². The van der Waals surface area contributed by atoms with Crippen LogP contribution in [0.4, 0.5) is 16.2 Å². The number of nitrogens with one attached hydrogen (secondary N) is 3. The van der Waals surface area contributed by atoms with Gasteiger partial charge in [0.05, 0.1) is 30.5 Å². The Morgan fingerprint density at radius 1 is 1.21 bits per heavy atom. The minimum atomic E-state index is -0.291. The minimum absolute atomic E-state index is 0.203. The highest BCUT2D eigenvalue weighted by Gasteiger charge is 2.31. The second-order valence-corrected chi connectivity index (χ2v) is 7.46. The molecule has 0 saturated carbocycles. The molecule has 1 aromatic rings. The van der Waals surface area contributed by atoms with Crippen molar-refractivity contribution < 1.29 is 19.1 Å². The van der Waals surface area contributed by atoms with Crippen molar-refractivity contribution in [1.29, 1.82) is 0 Å². The molecule has 9 heteroatoms. The topological polar surface area (TPSA) is 91.9 Å². The van der Waals surface area contributed by atoms with Gasteiger partial charge in [-0.05, 0) is 24.6 Å². The normalized spacial score (nSPS) is 21.1. The van der Waals surface area contributed by atoms with Crippen molar-refractivity contribution in [2.75, 3.05) is 56.7 Å². The predicted octanol–water partition coefficient (Wildman–Crippen LogP) is 2.16. The van der Waals surface area contributed by atoms with Gasteiger partial charge in [-0.1, -0.05) is 11.6 Å². The van der Waals surface area contributed by atoms with Crippen LogP contribution in [-0.4, -0.2) is 68.9 Å². The van der Waals surface area contributed by atoms with Crippen LogP contribution in [0.1, 0.15) is 13.3 Å². The molecule has 3 rings (SSSR count). The Kier molecular flexibility index (Phi) is 7.50. The Morgan fingerprint density at radius 2 is 2.00 bits per heavy atom. The van der Waals surface area contributed by atoms with Gasteiger partial charge in [0.2, 0.25) is 5.91 Å². The molecule has 2 saturated heterocycles. The second kappa shape index (κ2) is 10.1. The van der Waals surface area contributed by atoms with Crippen molar-refractivity contribution in [2.45, 2.75) is 19.4 Å². The molecule has 3 amide bonds. The number of carbonyl (C=O) groups excluding carboxylic acids is 2. The minimum Gasteiger partial charge on any atom is -0.381 e. The first-order valence-corrected chi connectivity index (χ1v) is 9.92. The third-order valence-electron chi connectivity index (χ3n) is 5.03. The van der Waals surface area contributed by atoms with E-state index < -0.39 is 0 Å². The zero-order valence-electron chi connectivity index (χ0n) is 16.0. The number of benzene rings is 1. The van der Waals surface area contributed by atoms with E-state index >= 15 is 0 Å². The van der Waals surface area contributed by atoms with Crippen LogP contribution in [0.5, 0.6) is 0 Å². The summed E-state index contributed by atoms with van der Waals surface area (Å²) in [6.45, 7) is 6.62. The lowest BCUT2D eigenvalue weighted by Gasteiger charge is -2.37. The molecular formula is C19H27ClN4O4. The number of amides is 3. The Hall–Kier alpha value is -1.87. The van der Waals surface area contributed by atoms with Crippen molar-refractivity contribution in [1.82, 2.24) is 10.2 Å². The zero-order valence-corrected chi connectivity index (χ0v) is 16.8. The summed E-state index contributed by atoms with van der Waals surface area (Å²) >= 11 is 6.15. The Labute approximate surface area is 169 Å². The Morgan fingerprint density at radius 3 is 2.64 bits per heavy atom. The largest absolute Gasteiger partial charge is 0.381 e. The molecule has 28 heavy (non-hydrogen) atoms. The third kappa shape index (κ3) is 5.81. The molecule has 2 fully saturated rings. The van der Waals surface area contributed by atoms with Gasteiger partial charge in [0, 0.05) is 50.8 Å². The highest BCUT2D eigenvalue weighted by atomic mass is 35.5. The Bertz CT molecular complexity index is 691. The summed E-state index contributed by atoms with van der Waals surface area (Å²) in [5.74, 6) is 0.204. The lowest BCUT2D eigenvalue weighted by atomic mass is 9.97. The summed E-state index contributed by atoms with van der Waals surface area (Å²) in [6.07, 6.45) is 1.01. The van der Waals surface area contributed by atoms with Crippen LogP contribution in [0, 0.1) is 5.92 Å². The molecule has 1 aromatic carbocycles. The molecule has 8 nitrogen and oxygen atoms in total. The van der Waals surface area contributed by atoms with Crippen LogP contribution in [-0.2, 0) is 14.3 Å². The van der Waals surface area contributed by atoms with Gasteiger partial charge < -0.3 is 25.4 Å². The van der Waals surface area contributed by atoms with Gasteiger partial charge in [0.1, 0.15) is 0 Å². The first-order chi connectivity index (χ1) is 13.5. The number of hydrogen-bond donors (Lipinski definition) is 3. The standard InChI is InChI=1S/C19H27ClN4O4/c1-13(25)22-17-3-2-15(10-16(17)20)23-19(26)21-11-18(14-4-7-28-12-14)24-5-8-27-9-6-24/h2-3,10,14,18H,4-9,11-12H2,1H3,(H,22,25)(H2,21,23,26)/t14-,18-/m0/s1. The molecule has 0 spiro atoms. The molecule has 154 valence electrons. The van der Waals surface area contributed by atoms with E-state index in [1.54, 1.807) is 18.2 Å². The predicted molar refractivity (Wildman–Crippen MR) is 108 cm³/mol. The number of halogens is 1. The fraction of sp³-hybridized carbons (Fsp3) is 0.579. The maximum Gasteiger partial charge on any atom is 0.319 e. The summed E-state index contributed by atoms with van der Waals surface area (Å²) < 4.78 is 11.0. The quantitative estimate of drug-likeness (QED) is 0.668. The lowest BCUT2D eigenvalue weighted by Crippen LogP contribution is -2.52. The van der Waals surface area contributed by atoms with Crippen molar-refractivity contribution in [2.24, 2.45) is 5.92 Å². The van der Waals surface area contributed by atoms with Gasteiger partial charge in [-0.3, -0.25) is 9.69 Å². The number of urea groups is 1. The van der Waals surface area contributed by atoms with E-state index in [9.17, 15) is 9.59 Å². The second-order valence-electron chi connectivity index (χ2n) is 7.05. The monoisotopic (exact) mass is 410 g/mol. The van der Waals surface area contributed by atoms with E-state index in [2.05, 4.69) is 20.9 Å². The highest BCUT2D eigenvalue weighted by Crippen LogP contribution is 2.25. The zero-order chi connectivity index (χ0) is 19.9. The number of carbonyl (C=O) groups is 2. The first-order valence-electron chi connectivity index (χ1n) is 9.54. The average molecular weight is 411 g/mol. The van der Waals surface area contributed by atoms with E-state index in [0.29, 0.717) is 28.9 Å². The number of rotatable bonds is 6. The molecular weight excluding hydrogens is 384 g/mol. The van der Waals surface area contributed by atoms with Gasteiger partial charge >= 0.3 is 6.03 Å². The summed E-state index contributed by atoms with van der Waals surface area (Å²) in [5, 5.41) is 8.76. The van der Waals surface area contributed by atoms with E-state index in [1.165, 1.54) is 6.92 Å². The smallest absolute Gasteiger partial charge is 0.319 e. The number of nitrogens with zero attached hydrogens (tertiary/aromatic N) is 1. The molecule has 2 atom stereocenters. The SMILES string of the molecule is CC(=O)Nc1ccc(NC(=O)NC[C@@H]([C@H]2CCOC2)N2CCOCC2)cc1Cl. The average Bonchev–Trinajstić information content (AvgIpc) is 3.19. The van der Waals surface area contributed by atoms with E-state index in [-0.39, 0.29) is 18.0 Å². The molecule has 0 aliphatic carbocycles. The maximum atomic E-state index is 12.4. The maximum absolute atomic E-state index is 12.4. The van der Waals surface area contributed by atoms with E-state index in [1.807, 2.05) is 0 Å². The molecule has 0 radical (unpaired) electrons. The van der Waals surface area contributed by atoms with Gasteiger partial charge in [0.15, 0.2) is 0 Å². The fourth-order valence-corrected chi connectivity index (χ4v) is 3.84. The summed E-state index contributed by atoms with van der Waals surface area (Å²) in [4.78, 5) is 25.9. The van der Waals surface area contributed by atoms with Crippen molar-refractivity contribution >= 4 is 34.9 Å². The van der Waals surface area contributed by atoms with Crippen LogP contribution in [0.3, 0.4) is 0 Å². The first kappa shape index (κ1) is 20.9. The molecule has 0 aromatic heterocycles.